The molecular weight excluding hydrogens is 321 g/mol. The average molecular weight is 343 g/mol. The van der Waals surface area contributed by atoms with E-state index in [1.54, 1.807) is 0 Å². The first-order valence-electron chi connectivity index (χ1n) is 8.05. The van der Waals surface area contributed by atoms with Crippen LogP contribution in [0.2, 0.25) is 0 Å². The maximum atomic E-state index is 14.1. The number of halogens is 1. The van der Waals surface area contributed by atoms with Crippen LogP contribution in [0.25, 0.3) is 0 Å². The fourth-order valence-corrected chi connectivity index (χ4v) is 3.71. The van der Waals surface area contributed by atoms with Crippen molar-refractivity contribution in [1.82, 2.24) is 9.71 Å². The number of nitrogens with one attached hydrogen (secondary N) is 2. The molecule has 0 bridgehead atoms. The molecule has 1 aromatic heterocycles. The van der Waals surface area contributed by atoms with Gasteiger partial charge in [0.2, 0.25) is 16.0 Å². The Morgan fingerprint density at radius 3 is 2.78 bits per heavy atom. The molecule has 1 atom stereocenters. The summed E-state index contributed by atoms with van der Waals surface area (Å²) in [6, 6.07) is 2.95. The summed E-state index contributed by atoms with van der Waals surface area (Å²) >= 11 is 0. The number of rotatable bonds is 6. The average Bonchev–Trinajstić information content (AvgIpc) is 3.33. The molecule has 6 nitrogen and oxygen atoms in total. The molecule has 1 aliphatic heterocycles. The monoisotopic (exact) mass is 343 g/mol. The van der Waals surface area contributed by atoms with Crippen LogP contribution in [0.15, 0.2) is 17.0 Å². The predicted octanol–water partition coefficient (Wildman–Crippen LogP) is 1.89. The van der Waals surface area contributed by atoms with E-state index >= 15 is 0 Å². The van der Waals surface area contributed by atoms with Crippen molar-refractivity contribution in [2.45, 2.75) is 43.0 Å². The van der Waals surface area contributed by atoms with E-state index in [1.165, 1.54) is 12.1 Å². The lowest BCUT2D eigenvalue weighted by Crippen LogP contribution is -2.27. The van der Waals surface area contributed by atoms with Gasteiger partial charge in [0.15, 0.2) is 0 Å². The van der Waals surface area contributed by atoms with Crippen molar-refractivity contribution in [3.63, 3.8) is 0 Å². The molecule has 2 fully saturated rings. The van der Waals surface area contributed by atoms with E-state index in [1.807, 2.05) is 0 Å². The van der Waals surface area contributed by atoms with Crippen LogP contribution in [-0.4, -0.2) is 39.2 Å². The molecule has 23 heavy (non-hydrogen) atoms. The highest BCUT2D eigenvalue weighted by Crippen LogP contribution is 2.28. The van der Waals surface area contributed by atoms with Crippen molar-refractivity contribution < 1.29 is 17.5 Å². The first-order valence-corrected chi connectivity index (χ1v) is 9.53. The van der Waals surface area contributed by atoms with Crippen molar-refractivity contribution in [2.75, 3.05) is 25.1 Å². The second-order valence-electron chi connectivity index (χ2n) is 6.17. The Balaban J connectivity index is 1.66. The zero-order valence-corrected chi connectivity index (χ0v) is 13.7. The van der Waals surface area contributed by atoms with Gasteiger partial charge in [0, 0.05) is 25.8 Å². The van der Waals surface area contributed by atoms with Gasteiger partial charge in [0.1, 0.15) is 10.7 Å². The van der Waals surface area contributed by atoms with Gasteiger partial charge in [0.05, 0.1) is 0 Å². The Labute approximate surface area is 135 Å². The molecule has 2 heterocycles. The summed E-state index contributed by atoms with van der Waals surface area (Å²) in [6.07, 6.45) is 4.74. The van der Waals surface area contributed by atoms with Crippen molar-refractivity contribution >= 4 is 15.8 Å². The van der Waals surface area contributed by atoms with Crippen LogP contribution in [0.4, 0.5) is 10.2 Å². The molecule has 1 saturated carbocycles. The third kappa shape index (κ3) is 4.62. The van der Waals surface area contributed by atoms with Crippen molar-refractivity contribution in [3.8, 4) is 0 Å². The third-order valence-corrected chi connectivity index (χ3v) is 5.60. The van der Waals surface area contributed by atoms with E-state index in [0.717, 1.165) is 38.7 Å². The van der Waals surface area contributed by atoms with Gasteiger partial charge < -0.3 is 10.1 Å². The number of nitrogens with zero attached hydrogens (tertiary/aromatic N) is 1. The second-order valence-corrected chi connectivity index (χ2v) is 7.90. The van der Waals surface area contributed by atoms with E-state index < -0.39 is 20.9 Å². The number of pyridine rings is 1. The number of hydrogen-bond donors (Lipinski definition) is 2. The van der Waals surface area contributed by atoms with Gasteiger partial charge >= 0.3 is 0 Å². The highest BCUT2D eigenvalue weighted by Gasteiger charge is 2.26. The molecule has 0 amide bonds. The summed E-state index contributed by atoms with van der Waals surface area (Å²) in [5.41, 5.74) is 0. The third-order valence-electron chi connectivity index (χ3n) is 4.17. The summed E-state index contributed by atoms with van der Waals surface area (Å²) in [4.78, 5) is 3.37. The Bertz CT molecular complexity index is 641. The molecular formula is C15H22FN3O3S. The van der Waals surface area contributed by atoms with Gasteiger partial charge in [-0.2, -0.15) is 4.39 Å². The fourth-order valence-electron chi connectivity index (χ4n) is 2.59. The van der Waals surface area contributed by atoms with Gasteiger partial charge in [-0.1, -0.05) is 0 Å². The molecule has 1 aliphatic carbocycles. The Morgan fingerprint density at radius 2 is 2.04 bits per heavy atom. The van der Waals surface area contributed by atoms with E-state index in [4.69, 9.17) is 4.74 Å². The Morgan fingerprint density at radius 1 is 1.22 bits per heavy atom. The van der Waals surface area contributed by atoms with Crippen molar-refractivity contribution in [2.24, 2.45) is 5.92 Å². The van der Waals surface area contributed by atoms with Crippen LogP contribution in [0.1, 0.15) is 32.1 Å². The van der Waals surface area contributed by atoms with Crippen LogP contribution in [0.3, 0.4) is 0 Å². The van der Waals surface area contributed by atoms with Gasteiger partial charge in [-0.15, -0.1) is 0 Å². The Hall–Kier alpha value is -1.25. The molecule has 128 valence electrons. The van der Waals surface area contributed by atoms with Gasteiger partial charge in [0.25, 0.3) is 0 Å². The largest absolute Gasteiger partial charge is 0.381 e. The molecule has 3 rings (SSSR count). The summed E-state index contributed by atoms with van der Waals surface area (Å²) in [6.45, 7) is 1.77. The summed E-state index contributed by atoms with van der Waals surface area (Å²) in [7, 11) is -3.84. The van der Waals surface area contributed by atoms with E-state index in [9.17, 15) is 12.8 Å². The Kier molecular flexibility index (Phi) is 5.13. The molecule has 0 aromatic carbocycles. The number of hydrogen-bond acceptors (Lipinski definition) is 5. The molecule has 1 saturated heterocycles. The first-order chi connectivity index (χ1) is 11.0. The molecule has 1 unspecified atom stereocenters. The predicted molar refractivity (Wildman–Crippen MR) is 84.2 cm³/mol. The highest BCUT2D eigenvalue weighted by atomic mass is 32.2. The molecule has 2 aliphatic rings. The van der Waals surface area contributed by atoms with E-state index in [2.05, 4.69) is 15.0 Å². The quantitative estimate of drug-likeness (QED) is 0.771. The summed E-state index contributed by atoms with van der Waals surface area (Å²) < 4.78 is 46.2. The second kappa shape index (κ2) is 7.11. The SMILES string of the molecule is O=S(=O)(NCC1CC1)c1ccc(NC2CCCOCC2)nc1F. The highest BCUT2D eigenvalue weighted by molar-refractivity contribution is 7.89. The molecule has 1 aromatic rings. The standard InChI is InChI=1S/C15H22FN3O3S/c16-15-13(23(20,21)17-10-11-3-4-11)5-6-14(19-15)18-12-2-1-8-22-9-7-12/h5-6,11-12,17H,1-4,7-10H2,(H,18,19). The number of sulfonamides is 1. The lowest BCUT2D eigenvalue weighted by molar-refractivity contribution is 0.144. The van der Waals surface area contributed by atoms with Crippen LogP contribution in [0, 0.1) is 11.9 Å². The lowest BCUT2D eigenvalue weighted by atomic mass is 10.1. The minimum absolute atomic E-state index is 0.167. The molecule has 2 N–H and O–H groups in total. The number of aromatic nitrogens is 1. The molecule has 8 heteroatoms. The minimum Gasteiger partial charge on any atom is -0.381 e. The maximum absolute atomic E-state index is 14.1. The maximum Gasteiger partial charge on any atom is 0.245 e. The van der Waals surface area contributed by atoms with Gasteiger partial charge in [-0.3, -0.25) is 0 Å². The summed E-state index contributed by atoms with van der Waals surface area (Å²) in [5.74, 6) is -0.224. The normalized spacial score (nSPS) is 22.6. The zero-order chi connectivity index (χ0) is 16.3. The van der Waals surface area contributed by atoms with Crippen molar-refractivity contribution in [3.05, 3.63) is 18.1 Å². The van der Waals surface area contributed by atoms with Crippen LogP contribution >= 0.6 is 0 Å². The van der Waals surface area contributed by atoms with E-state index in [-0.39, 0.29) is 6.04 Å². The number of anilines is 1. The van der Waals surface area contributed by atoms with Crippen LogP contribution in [-0.2, 0) is 14.8 Å². The van der Waals surface area contributed by atoms with Crippen LogP contribution in [0.5, 0.6) is 0 Å². The first kappa shape index (κ1) is 16.6. The molecule has 0 radical (unpaired) electrons. The lowest BCUT2D eigenvalue weighted by Gasteiger charge is -2.16. The molecule has 0 spiro atoms. The fraction of sp³-hybridized carbons (Fsp3) is 0.667. The van der Waals surface area contributed by atoms with Gasteiger partial charge in [-0.25, -0.2) is 18.1 Å². The smallest absolute Gasteiger partial charge is 0.245 e. The van der Waals surface area contributed by atoms with Crippen molar-refractivity contribution in [1.29, 1.82) is 0 Å². The summed E-state index contributed by atoms with van der Waals surface area (Å²) in [5, 5.41) is 3.15. The minimum atomic E-state index is -3.84. The zero-order valence-electron chi connectivity index (χ0n) is 12.9. The van der Waals surface area contributed by atoms with Gasteiger partial charge in [-0.05, 0) is 50.2 Å². The number of ether oxygens (including phenoxy) is 1. The van der Waals surface area contributed by atoms with Crippen LogP contribution < -0.4 is 10.0 Å². The topological polar surface area (TPSA) is 80.3 Å². The van der Waals surface area contributed by atoms with E-state index in [0.29, 0.717) is 24.9 Å².